The Morgan fingerprint density at radius 2 is 1.06 bits per heavy atom. The Morgan fingerprint density at radius 1 is 0.621 bits per heavy atom. The van der Waals surface area contributed by atoms with Gasteiger partial charge in [0.15, 0.2) is 0 Å². The predicted molar refractivity (Wildman–Crippen MR) is 257 cm³/mol. The zero-order valence-corrected chi connectivity index (χ0v) is 38.3. The van der Waals surface area contributed by atoms with Gasteiger partial charge in [-0.25, -0.2) is 19.9 Å². The fourth-order valence-corrected chi connectivity index (χ4v) is 9.49. The molecule has 8 heterocycles. The number of rotatable bonds is 10. The number of hydrogen-bond acceptors (Lipinski definition) is 14. The molecule has 0 spiro atoms. The molecule has 0 atom stereocenters. The van der Waals surface area contributed by atoms with Crippen molar-refractivity contribution in [2.75, 3.05) is 101 Å². The van der Waals surface area contributed by atoms with E-state index in [0.29, 0.717) is 41.0 Å². The van der Waals surface area contributed by atoms with Gasteiger partial charge in [-0.1, -0.05) is 25.7 Å². The number of hydrogen-bond donors (Lipinski definition) is 3. The largest absolute Gasteiger partial charge is 0.368 e. The lowest BCUT2D eigenvalue weighted by atomic mass is 10.2. The van der Waals surface area contributed by atoms with Crippen molar-refractivity contribution >= 4 is 68.8 Å². The molecule has 6 aromatic heterocycles. The predicted octanol–water partition coefficient (Wildman–Crippen LogP) is 6.14. The molecule has 2 aliphatic carbocycles. The van der Waals surface area contributed by atoms with Crippen molar-refractivity contribution < 1.29 is 9.59 Å². The Morgan fingerprint density at radius 3 is 1.45 bits per heavy atom. The summed E-state index contributed by atoms with van der Waals surface area (Å²) in [6.07, 6.45) is 16.2. The Kier molecular flexibility index (Phi) is 13.1. The number of carbonyl (C=O) groups excluding carboxylic acids is 2. The summed E-state index contributed by atoms with van der Waals surface area (Å²) < 4.78 is 4.23. The van der Waals surface area contributed by atoms with E-state index in [1.165, 1.54) is 25.7 Å². The first-order chi connectivity index (χ1) is 32.1. The Hall–Kier alpha value is -7.07. The van der Waals surface area contributed by atoms with Crippen LogP contribution in [-0.4, -0.2) is 146 Å². The highest BCUT2D eigenvalue weighted by atomic mass is 16.2. The molecule has 0 radical (unpaired) electrons. The van der Waals surface area contributed by atoms with E-state index in [9.17, 15) is 9.59 Å². The molecule has 19 heteroatoms. The van der Waals surface area contributed by atoms with Gasteiger partial charge in [0.05, 0.1) is 23.8 Å². The fraction of sp³-hybridized carbons (Fsp3) is 0.468. The lowest BCUT2D eigenvalue weighted by molar-refractivity contribution is 0.0808. The average molecular weight is 894 g/mol. The number of fused-ring (bicyclic) bond motifs is 2. The molecule has 6 aromatic rings. The zero-order valence-electron chi connectivity index (χ0n) is 38.3. The topological polar surface area (TPSA) is 178 Å². The molecule has 4 aliphatic rings. The number of nitrogens with one attached hydrogen (secondary N) is 3. The van der Waals surface area contributed by atoms with Crippen molar-refractivity contribution in [3.63, 3.8) is 0 Å². The maximum Gasteiger partial charge on any atom is 0.270 e. The molecular formula is C47H59N17O2. The van der Waals surface area contributed by atoms with E-state index in [0.717, 1.165) is 111 Å². The van der Waals surface area contributed by atoms with Crippen molar-refractivity contribution in [2.24, 2.45) is 0 Å². The third kappa shape index (κ3) is 9.50. The average Bonchev–Trinajstić information content (AvgIpc) is 4.19. The SMILES string of the molecule is CN(C)C(=O)c1cc2cnc(Nc3ccc(N4CCNCC4)cn3)nc2n1C1CCCC1.[C-]#[N+]N1CCN(c2ccc(Nc3ncc4cc(C(=O)N(C)C)n(C5CCCC5)c4n3)nc2)CC1. The van der Waals surface area contributed by atoms with Crippen LogP contribution in [0.3, 0.4) is 0 Å². The molecule has 19 nitrogen and oxygen atoms in total. The van der Waals surface area contributed by atoms with E-state index in [1.807, 2.05) is 42.7 Å². The van der Waals surface area contributed by atoms with Gasteiger partial charge < -0.3 is 44.7 Å². The zero-order chi connectivity index (χ0) is 45.7. The smallest absolute Gasteiger partial charge is 0.270 e. The first-order valence-electron chi connectivity index (χ1n) is 23.1. The molecule has 3 N–H and O–H groups in total. The number of nitrogens with zero attached hydrogens (tertiary/aromatic N) is 14. The van der Waals surface area contributed by atoms with E-state index >= 15 is 0 Å². The lowest BCUT2D eigenvalue weighted by Gasteiger charge is -2.30. The molecule has 0 unspecified atom stereocenters. The van der Waals surface area contributed by atoms with E-state index in [-0.39, 0.29) is 17.9 Å². The number of anilines is 6. The Balaban J connectivity index is 0.000000166. The van der Waals surface area contributed by atoms with Gasteiger partial charge in [-0.2, -0.15) is 21.5 Å². The second-order valence-electron chi connectivity index (χ2n) is 17.9. The van der Waals surface area contributed by atoms with Crippen LogP contribution in [0.4, 0.5) is 34.9 Å². The normalized spacial score (nSPS) is 16.9. The maximum atomic E-state index is 12.9. The second-order valence-corrected chi connectivity index (χ2v) is 17.9. The highest BCUT2D eigenvalue weighted by Crippen LogP contribution is 2.36. The monoisotopic (exact) mass is 894 g/mol. The summed E-state index contributed by atoms with van der Waals surface area (Å²) in [6, 6.07) is 12.4. The number of piperazine rings is 2. The van der Waals surface area contributed by atoms with Gasteiger partial charge in [0.25, 0.3) is 11.8 Å². The van der Waals surface area contributed by atoms with Crippen molar-refractivity contribution in [3.05, 3.63) is 84.1 Å². The standard InChI is InChI=1S/C24H29N9O.C23H30N8O/c1-25-32-12-10-31(11-13-32)19-8-9-21(26-16-19)28-24-27-15-17-14-20(23(34)30(2)3)33(22(17)29-24)18-6-4-5-7-18;1-29(2)22(32)19-13-16-14-26-23(28-21(16)31(19)17-5-3-4-6-17)27-20-8-7-18(15-25-20)30-11-9-24-10-12-30/h8-9,14-16,18H,4-7,10-13H2,2-3H3,(H,26,27,28,29);7-8,13-15,17,24H,3-6,9-12H2,1-2H3,(H,25,26,27,28). The van der Waals surface area contributed by atoms with Gasteiger partial charge in [0, 0.05) is 103 Å². The van der Waals surface area contributed by atoms with Crippen LogP contribution in [0, 0.1) is 6.57 Å². The molecule has 2 saturated carbocycles. The summed E-state index contributed by atoms with van der Waals surface area (Å²) in [6.45, 7) is 14.2. The van der Waals surface area contributed by atoms with Gasteiger partial charge >= 0.3 is 0 Å². The molecule has 0 bridgehead atoms. The van der Waals surface area contributed by atoms with Crippen LogP contribution in [-0.2, 0) is 0 Å². The first kappa shape index (κ1) is 44.1. The van der Waals surface area contributed by atoms with Crippen LogP contribution >= 0.6 is 0 Å². The van der Waals surface area contributed by atoms with E-state index in [4.69, 9.17) is 16.5 Å². The van der Waals surface area contributed by atoms with Crippen LogP contribution in [0.1, 0.15) is 84.4 Å². The highest BCUT2D eigenvalue weighted by molar-refractivity contribution is 5.98. The quantitative estimate of drug-likeness (QED) is 0.134. The minimum Gasteiger partial charge on any atom is -0.368 e. The summed E-state index contributed by atoms with van der Waals surface area (Å²) in [5, 5.41) is 13.3. The van der Waals surface area contributed by atoms with E-state index in [2.05, 4.69) is 65.8 Å². The van der Waals surface area contributed by atoms with Crippen molar-refractivity contribution in [2.45, 2.75) is 63.5 Å². The number of pyridine rings is 2. The Bertz CT molecular complexity index is 2680. The summed E-state index contributed by atoms with van der Waals surface area (Å²) in [5.41, 5.74) is 5.09. The second kappa shape index (κ2) is 19.6. The Labute approximate surface area is 385 Å². The van der Waals surface area contributed by atoms with Crippen LogP contribution in [0.5, 0.6) is 0 Å². The van der Waals surface area contributed by atoms with Crippen molar-refractivity contribution in [1.29, 1.82) is 0 Å². The van der Waals surface area contributed by atoms with Gasteiger partial charge in [0.2, 0.25) is 11.9 Å². The molecular weight excluding hydrogens is 835 g/mol. The van der Waals surface area contributed by atoms with Gasteiger partial charge in [-0.15, -0.1) is 5.01 Å². The number of aromatic nitrogens is 8. The number of carbonyl (C=O) groups is 2. The molecule has 344 valence electrons. The fourth-order valence-electron chi connectivity index (χ4n) is 9.49. The minimum atomic E-state index is -0.0195. The number of amides is 2. The minimum absolute atomic E-state index is 0.00502. The van der Waals surface area contributed by atoms with Gasteiger partial charge in [0.1, 0.15) is 47.4 Å². The van der Waals surface area contributed by atoms with E-state index in [1.54, 1.807) is 55.4 Å². The third-order valence-electron chi connectivity index (χ3n) is 13.0. The van der Waals surface area contributed by atoms with Gasteiger partial charge in [-0.05, 0) is 62.1 Å². The third-order valence-corrected chi connectivity index (χ3v) is 13.0. The van der Waals surface area contributed by atoms with Crippen molar-refractivity contribution in [1.82, 2.24) is 59.2 Å². The van der Waals surface area contributed by atoms with Crippen molar-refractivity contribution in [3.8, 4) is 0 Å². The molecule has 2 amide bonds. The first-order valence-corrected chi connectivity index (χ1v) is 23.1. The van der Waals surface area contributed by atoms with Crippen LogP contribution in [0.2, 0.25) is 0 Å². The van der Waals surface area contributed by atoms with Crippen LogP contribution < -0.4 is 25.8 Å². The van der Waals surface area contributed by atoms with Crippen LogP contribution in [0.15, 0.2) is 61.2 Å². The maximum absolute atomic E-state index is 12.9. The molecule has 2 aliphatic heterocycles. The summed E-state index contributed by atoms with van der Waals surface area (Å²) >= 11 is 0. The summed E-state index contributed by atoms with van der Waals surface area (Å²) in [7, 11) is 7.12. The van der Waals surface area contributed by atoms with Crippen LogP contribution in [0.25, 0.3) is 27.0 Å². The van der Waals surface area contributed by atoms with E-state index < -0.39 is 0 Å². The summed E-state index contributed by atoms with van der Waals surface area (Å²) in [4.78, 5) is 64.7. The molecule has 66 heavy (non-hydrogen) atoms. The molecule has 4 fully saturated rings. The lowest BCUT2D eigenvalue weighted by Crippen LogP contribution is -2.43. The highest BCUT2D eigenvalue weighted by Gasteiger charge is 2.28. The van der Waals surface area contributed by atoms with Gasteiger partial charge in [-0.3, -0.25) is 9.59 Å². The molecule has 10 rings (SSSR count). The molecule has 2 saturated heterocycles. The summed E-state index contributed by atoms with van der Waals surface area (Å²) in [5.74, 6) is 2.28. The molecule has 0 aromatic carbocycles.